The number of hydrogen-bond acceptors (Lipinski definition) is 1. The van der Waals surface area contributed by atoms with E-state index in [-0.39, 0.29) is 17.1 Å². The second kappa shape index (κ2) is 11.6. The van der Waals surface area contributed by atoms with Crippen LogP contribution in [0.2, 0.25) is 0 Å². The minimum absolute atomic E-state index is 0. The summed E-state index contributed by atoms with van der Waals surface area (Å²) in [6, 6.07) is 0. The molecular weight excluding hydrogens is 102 g/mol. The molecule has 0 aliphatic carbocycles. The van der Waals surface area contributed by atoms with Crippen LogP contribution >= 0.6 is 0 Å². The summed E-state index contributed by atoms with van der Waals surface area (Å²) >= 11 is 0. The minimum Gasteiger partial charge on any atom is -0.405 e. The summed E-state index contributed by atoms with van der Waals surface area (Å²) in [7, 11) is 0. The van der Waals surface area contributed by atoms with Crippen LogP contribution < -0.4 is 5.73 Å². The van der Waals surface area contributed by atoms with E-state index in [0.29, 0.717) is 0 Å². The zero-order valence-electron chi connectivity index (χ0n) is 2.16. The quantitative estimate of drug-likeness (QED) is 0.435. The molecule has 0 aliphatic rings. The average Bonchev–Trinajstić information content (AvgIpc) is 0.918. The number of rotatable bonds is 0. The number of nitrogens with two attached hydrogens (primary N) is 1. The van der Waals surface area contributed by atoms with Gasteiger partial charge in [0.15, 0.2) is 0 Å². The van der Waals surface area contributed by atoms with Gasteiger partial charge in [0.2, 0.25) is 0 Å². The van der Waals surface area contributed by atoms with Crippen molar-refractivity contribution in [3.63, 3.8) is 0 Å². The summed E-state index contributed by atoms with van der Waals surface area (Å²) in [6.07, 6.45) is 1.25. The molecule has 0 atom stereocenters. The van der Waals surface area contributed by atoms with Gasteiger partial charge in [0.25, 0.3) is 0 Å². The van der Waals surface area contributed by atoms with Gasteiger partial charge in [0.05, 0.1) is 0 Å². The Labute approximate surface area is 36.4 Å². The first kappa shape index (κ1) is 8.96. The molecule has 29 valence electrons. The molecule has 0 bridgehead atoms. The molecule has 0 heterocycles. The van der Waals surface area contributed by atoms with Crippen LogP contribution in [0.4, 0.5) is 0 Å². The van der Waals surface area contributed by atoms with Crippen molar-refractivity contribution in [2.75, 3.05) is 0 Å². The fourth-order valence-corrected chi connectivity index (χ4v) is 0. The van der Waals surface area contributed by atoms with Crippen LogP contribution in [0.1, 0.15) is 0 Å². The van der Waals surface area contributed by atoms with Gasteiger partial charge < -0.3 is 5.73 Å². The van der Waals surface area contributed by atoms with E-state index in [4.69, 9.17) is 0 Å². The van der Waals surface area contributed by atoms with Crippen molar-refractivity contribution in [2.24, 2.45) is 5.73 Å². The van der Waals surface area contributed by atoms with E-state index in [2.05, 4.69) is 12.3 Å². The Morgan fingerprint density at radius 1 is 1.75 bits per heavy atom. The second-order valence-corrected chi connectivity index (χ2v) is 0.236. The van der Waals surface area contributed by atoms with Crippen LogP contribution in [0.5, 0.6) is 0 Å². The van der Waals surface area contributed by atoms with Crippen LogP contribution in [0.25, 0.3) is 0 Å². The van der Waals surface area contributed by atoms with Crippen molar-refractivity contribution >= 4 is 0 Å². The van der Waals surface area contributed by atoms with E-state index in [1.54, 1.807) is 0 Å². The summed E-state index contributed by atoms with van der Waals surface area (Å²) in [4.78, 5) is 0. The van der Waals surface area contributed by atoms with Crippen LogP contribution in [0.3, 0.4) is 0 Å². The first-order chi connectivity index (χ1) is 1.41. The maximum absolute atomic E-state index is 4.61. The van der Waals surface area contributed by atoms with Gasteiger partial charge in [-0.3, -0.25) is 0 Å². The van der Waals surface area contributed by atoms with Gasteiger partial charge in [-0.15, -0.1) is 0 Å². The SMILES string of the molecule is C=CN.[Cu]. The third kappa shape index (κ3) is 653. The molecule has 1 nitrogen and oxygen atoms in total. The molecule has 0 aromatic rings. The predicted molar refractivity (Wildman–Crippen MR) is 14.4 cm³/mol. The van der Waals surface area contributed by atoms with Gasteiger partial charge in [0, 0.05) is 17.1 Å². The van der Waals surface area contributed by atoms with E-state index < -0.39 is 0 Å². The normalized spacial score (nSPS) is 3.00. The third-order valence-electron chi connectivity index (χ3n) is 0. The van der Waals surface area contributed by atoms with Gasteiger partial charge in [0.1, 0.15) is 0 Å². The molecule has 0 amide bonds. The molecule has 0 aromatic carbocycles. The van der Waals surface area contributed by atoms with E-state index >= 15 is 0 Å². The van der Waals surface area contributed by atoms with Crippen LogP contribution in [0.15, 0.2) is 12.8 Å². The van der Waals surface area contributed by atoms with E-state index in [1.807, 2.05) is 0 Å². The average molecular weight is 107 g/mol. The van der Waals surface area contributed by atoms with Crippen molar-refractivity contribution in [2.45, 2.75) is 0 Å². The molecule has 4 heavy (non-hydrogen) atoms. The molecule has 0 aliphatic heterocycles. The Hall–Kier alpha value is 0.0595. The Bertz CT molecular complexity index is 13.5. The van der Waals surface area contributed by atoms with Crippen molar-refractivity contribution in [1.29, 1.82) is 0 Å². The summed E-state index contributed by atoms with van der Waals surface area (Å²) in [5.74, 6) is 0. The summed E-state index contributed by atoms with van der Waals surface area (Å²) < 4.78 is 0. The standard InChI is InChI=1S/C2H5N.Cu/c1-2-3;/h2H,1,3H2;. The molecule has 0 fully saturated rings. The van der Waals surface area contributed by atoms with Crippen LogP contribution in [0, 0.1) is 0 Å². The molecule has 2 heteroatoms. The predicted octanol–water partition coefficient (Wildman–Crippen LogP) is 0.0861. The van der Waals surface area contributed by atoms with Crippen LogP contribution in [-0.4, -0.2) is 0 Å². The van der Waals surface area contributed by atoms with Crippen molar-refractivity contribution in [1.82, 2.24) is 0 Å². The van der Waals surface area contributed by atoms with Crippen molar-refractivity contribution in [3.8, 4) is 0 Å². The summed E-state index contributed by atoms with van der Waals surface area (Å²) in [5.41, 5.74) is 4.61. The van der Waals surface area contributed by atoms with Gasteiger partial charge >= 0.3 is 0 Å². The van der Waals surface area contributed by atoms with Gasteiger partial charge in [-0.25, -0.2) is 0 Å². The Morgan fingerprint density at radius 2 is 1.75 bits per heavy atom. The molecule has 0 saturated heterocycles. The molecule has 0 aromatic heterocycles. The molecule has 0 rings (SSSR count). The smallest absolute Gasteiger partial charge is 0 e. The first-order valence-corrected chi connectivity index (χ1v) is 0.742. The minimum atomic E-state index is 0. The maximum atomic E-state index is 4.61. The molecule has 1 radical (unpaired) electrons. The van der Waals surface area contributed by atoms with Gasteiger partial charge in [-0.05, 0) is 6.20 Å². The second-order valence-electron chi connectivity index (χ2n) is 0.236. The maximum Gasteiger partial charge on any atom is 0 e. The van der Waals surface area contributed by atoms with E-state index in [0.717, 1.165) is 0 Å². The van der Waals surface area contributed by atoms with Gasteiger partial charge in [-0.1, -0.05) is 6.58 Å². The van der Waals surface area contributed by atoms with Crippen molar-refractivity contribution < 1.29 is 17.1 Å². The third-order valence-corrected chi connectivity index (χ3v) is 0. The molecule has 0 saturated carbocycles. The molecular formula is C2H5CuN. The largest absolute Gasteiger partial charge is 0.405 e. The molecule has 0 unspecified atom stereocenters. The topological polar surface area (TPSA) is 26.0 Å². The number of hydrogen-bond donors (Lipinski definition) is 1. The van der Waals surface area contributed by atoms with Crippen molar-refractivity contribution in [3.05, 3.63) is 12.8 Å². The van der Waals surface area contributed by atoms with Crippen LogP contribution in [-0.2, 0) is 17.1 Å². The summed E-state index contributed by atoms with van der Waals surface area (Å²) in [5, 5.41) is 0. The Balaban J connectivity index is 0. The van der Waals surface area contributed by atoms with E-state index in [1.165, 1.54) is 6.20 Å². The zero-order chi connectivity index (χ0) is 2.71. The summed E-state index contributed by atoms with van der Waals surface area (Å²) in [6.45, 7) is 3.14. The van der Waals surface area contributed by atoms with Gasteiger partial charge in [-0.2, -0.15) is 0 Å². The molecule has 2 N–H and O–H groups in total. The monoisotopic (exact) mass is 106 g/mol. The Kier molecular flexibility index (Phi) is 25.9. The van der Waals surface area contributed by atoms with E-state index in [9.17, 15) is 0 Å². The first-order valence-electron chi connectivity index (χ1n) is 0.742. The fourth-order valence-electron chi connectivity index (χ4n) is 0. The Morgan fingerprint density at radius 3 is 1.75 bits per heavy atom. The zero-order valence-corrected chi connectivity index (χ0v) is 3.10. The fraction of sp³-hybridized carbons (Fsp3) is 0. The molecule has 0 spiro atoms.